The summed E-state index contributed by atoms with van der Waals surface area (Å²) in [7, 11) is 0. The molecule has 0 saturated heterocycles. The van der Waals surface area contributed by atoms with Crippen molar-refractivity contribution in [2.75, 3.05) is 13.2 Å². The largest absolute Gasteiger partial charge is 0.462 e. The van der Waals surface area contributed by atoms with Crippen molar-refractivity contribution in [1.29, 1.82) is 0 Å². The first kappa shape index (κ1) is 51.6. The molecule has 0 aliphatic heterocycles. The van der Waals surface area contributed by atoms with Crippen molar-refractivity contribution in [1.82, 2.24) is 0 Å². The Bertz CT molecular complexity index is 1110. The van der Waals surface area contributed by atoms with Crippen molar-refractivity contribution in [3.05, 3.63) is 85.1 Å². The maximum atomic E-state index is 12.7. The van der Waals surface area contributed by atoms with Crippen LogP contribution in [-0.4, -0.2) is 37.2 Å². The molecule has 6 nitrogen and oxygen atoms in total. The van der Waals surface area contributed by atoms with Crippen LogP contribution < -0.4 is 0 Å². The van der Waals surface area contributed by atoms with Crippen LogP contribution in [0.4, 0.5) is 0 Å². The highest BCUT2D eigenvalue weighted by atomic mass is 16.6. The lowest BCUT2D eigenvalue weighted by atomic mass is 10.1. The predicted octanol–water partition coefficient (Wildman–Crippen LogP) is 14.1. The number of esters is 3. The number of carbonyl (C=O) groups excluding carboxylic acids is 3. The Balaban J connectivity index is 4.49. The molecule has 55 heavy (non-hydrogen) atoms. The fourth-order valence-electron chi connectivity index (χ4n) is 5.65. The van der Waals surface area contributed by atoms with E-state index >= 15 is 0 Å². The number of hydrogen-bond acceptors (Lipinski definition) is 6. The Hall–Kier alpha value is -3.41. The van der Waals surface area contributed by atoms with Crippen LogP contribution in [0, 0.1) is 0 Å². The second kappa shape index (κ2) is 43.3. The van der Waals surface area contributed by atoms with Crippen molar-refractivity contribution < 1.29 is 28.6 Å². The number of unbranched alkanes of at least 4 members (excludes halogenated alkanes) is 15. The zero-order chi connectivity index (χ0) is 40.1. The van der Waals surface area contributed by atoms with E-state index in [1.807, 2.05) is 6.08 Å². The molecule has 0 aromatic heterocycles. The molecule has 0 amide bonds. The summed E-state index contributed by atoms with van der Waals surface area (Å²) in [5.74, 6) is -1.04. The average Bonchev–Trinajstić information content (AvgIpc) is 3.18. The van der Waals surface area contributed by atoms with Gasteiger partial charge in [-0.1, -0.05) is 170 Å². The van der Waals surface area contributed by atoms with Gasteiger partial charge in [-0.05, 0) is 83.5 Å². The maximum absolute atomic E-state index is 12.7. The van der Waals surface area contributed by atoms with Crippen LogP contribution in [0.5, 0.6) is 0 Å². The minimum absolute atomic E-state index is 0.117. The quantitative estimate of drug-likeness (QED) is 0.0205. The van der Waals surface area contributed by atoms with E-state index in [1.54, 1.807) is 0 Å². The average molecular weight is 765 g/mol. The lowest BCUT2D eigenvalue weighted by Gasteiger charge is -2.18. The lowest BCUT2D eigenvalue weighted by molar-refractivity contribution is -0.166. The first-order valence-electron chi connectivity index (χ1n) is 22.1. The molecule has 312 valence electrons. The summed E-state index contributed by atoms with van der Waals surface area (Å²) < 4.78 is 16.6. The monoisotopic (exact) mass is 765 g/mol. The second-order valence-corrected chi connectivity index (χ2v) is 14.2. The van der Waals surface area contributed by atoms with E-state index in [9.17, 15) is 14.4 Å². The zero-order valence-electron chi connectivity index (χ0n) is 35.4. The van der Waals surface area contributed by atoms with Gasteiger partial charge in [0.2, 0.25) is 0 Å². The molecule has 6 heteroatoms. The fourth-order valence-corrected chi connectivity index (χ4v) is 5.65. The summed E-state index contributed by atoms with van der Waals surface area (Å²) in [5, 5.41) is 0. The summed E-state index contributed by atoms with van der Waals surface area (Å²) in [6.45, 7) is 6.25. The van der Waals surface area contributed by atoms with Crippen molar-refractivity contribution in [3.8, 4) is 0 Å². The van der Waals surface area contributed by atoms with Gasteiger partial charge in [0.15, 0.2) is 6.10 Å². The minimum atomic E-state index is -0.822. The highest BCUT2D eigenvalue weighted by Gasteiger charge is 2.19. The first-order valence-corrected chi connectivity index (χ1v) is 22.1. The molecule has 0 aromatic rings. The summed E-state index contributed by atoms with van der Waals surface area (Å²) in [5.41, 5.74) is 0. The molecular weight excluding hydrogens is 685 g/mol. The van der Waals surface area contributed by atoms with Crippen LogP contribution >= 0.6 is 0 Å². The van der Waals surface area contributed by atoms with Gasteiger partial charge in [0, 0.05) is 19.3 Å². The van der Waals surface area contributed by atoms with Crippen LogP contribution in [0.2, 0.25) is 0 Å². The number of allylic oxidation sites excluding steroid dienone is 14. The maximum Gasteiger partial charge on any atom is 0.306 e. The van der Waals surface area contributed by atoms with E-state index in [0.29, 0.717) is 19.3 Å². The summed E-state index contributed by atoms with van der Waals surface area (Å²) in [6.07, 6.45) is 54.5. The van der Waals surface area contributed by atoms with Gasteiger partial charge in [-0.25, -0.2) is 0 Å². The summed E-state index contributed by atoms with van der Waals surface area (Å²) in [4.78, 5) is 37.6. The highest BCUT2D eigenvalue weighted by molar-refractivity contribution is 5.71. The minimum Gasteiger partial charge on any atom is -0.462 e. The topological polar surface area (TPSA) is 78.9 Å². The van der Waals surface area contributed by atoms with Gasteiger partial charge in [0.25, 0.3) is 0 Å². The third-order valence-electron chi connectivity index (χ3n) is 8.94. The molecular formula is C49H80O6. The molecule has 0 heterocycles. The van der Waals surface area contributed by atoms with E-state index in [2.05, 4.69) is 99.8 Å². The number of rotatable bonds is 38. The third kappa shape index (κ3) is 41.6. The van der Waals surface area contributed by atoms with Crippen molar-refractivity contribution in [3.63, 3.8) is 0 Å². The summed E-state index contributed by atoms with van der Waals surface area (Å²) >= 11 is 0. The standard InChI is InChI=1S/C49H80O6/c1-4-7-10-13-16-19-21-23-24-26-27-30-33-36-39-42-48(51)54-45-46(44-53-47(50)41-38-35-32-29-18-15-12-9-6-3)55-49(52)43-40-37-34-31-28-25-22-20-17-14-11-8-5-2/h7,9-10,12-13,16,18-19,21,25,28-29,34,37,46H,4-6,8,11,14-15,17,20,22-24,26-27,30-33,35-36,38-45H2,1-3H3/b10-7-,12-9-,16-13-,21-19-,28-25-,29-18-,37-34-. The van der Waals surface area contributed by atoms with E-state index in [-0.39, 0.29) is 31.6 Å². The molecule has 0 radical (unpaired) electrons. The van der Waals surface area contributed by atoms with Gasteiger partial charge in [-0.3, -0.25) is 14.4 Å². The van der Waals surface area contributed by atoms with Gasteiger partial charge >= 0.3 is 17.9 Å². The highest BCUT2D eigenvalue weighted by Crippen LogP contribution is 2.12. The smallest absolute Gasteiger partial charge is 0.306 e. The molecule has 0 rings (SSSR count). The Kier molecular flexibility index (Phi) is 40.6. The van der Waals surface area contributed by atoms with E-state index in [0.717, 1.165) is 77.0 Å². The molecule has 0 N–H and O–H groups in total. The molecule has 0 fully saturated rings. The van der Waals surface area contributed by atoms with Crippen LogP contribution in [0.1, 0.15) is 188 Å². The normalized spacial score (nSPS) is 12.9. The number of ether oxygens (including phenoxy) is 3. The molecule has 0 saturated carbocycles. The van der Waals surface area contributed by atoms with Crippen molar-refractivity contribution >= 4 is 17.9 Å². The van der Waals surface area contributed by atoms with Crippen molar-refractivity contribution in [2.45, 2.75) is 194 Å². The van der Waals surface area contributed by atoms with Crippen LogP contribution in [-0.2, 0) is 28.6 Å². The molecule has 1 atom stereocenters. The number of hydrogen-bond donors (Lipinski definition) is 0. The molecule has 1 unspecified atom stereocenters. The second-order valence-electron chi connectivity index (χ2n) is 14.2. The van der Waals surface area contributed by atoms with Gasteiger partial charge in [0.05, 0.1) is 0 Å². The Labute approximate surface area is 337 Å². The van der Waals surface area contributed by atoms with Crippen molar-refractivity contribution in [2.24, 2.45) is 0 Å². The SMILES string of the molecule is CC\C=C/C=C\C=C/CCCCCCCCCC(=O)OCC(COC(=O)CCCC/C=C\C/C=C\CC)OC(=O)CC/C=C\C/C=C\CCCCCCCC. The zero-order valence-corrected chi connectivity index (χ0v) is 35.4. The van der Waals surface area contributed by atoms with Gasteiger partial charge in [0.1, 0.15) is 13.2 Å². The van der Waals surface area contributed by atoms with Gasteiger partial charge in [-0.15, -0.1) is 0 Å². The molecule has 0 bridgehead atoms. The summed E-state index contributed by atoms with van der Waals surface area (Å²) in [6, 6.07) is 0. The molecule has 0 aromatic carbocycles. The Morgan fingerprint density at radius 2 is 0.836 bits per heavy atom. The first-order chi connectivity index (χ1) is 27.0. The van der Waals surface area contributed by atoms with Crippen LogP contribution in [0.15, 0.2) is 85.1 Å². The van der Waals surface area contributed by atoms with E-state index < -0.39 is 12.1 Å². The molecule has 0 aliphatic rings. The van der Waals surface area contributed by atoms with Gasteiger partial charge < -0.3 is 14.2 Å². The van der Waals surface area contributed by atoms with Crippen LogP contribution in [0.3, 0.4) is 0 Å². The van der Waals surface area contributed by atoms with E-state index in [1.165, 1.54) is 64.2 Å². The third-order valence-corrected chi connectivity index (χ3v) is 8.94. The van der Waals surface area contributed by atoms with Gasteiger partial charge in [-0.2, -0.15) is 0 Å². The Morgan fingerprint density at radius 3 is 1.40 bits per heavy atom. The molecule has 0 spiro atoms. The molecule has 0 aliphatic carbocycles. The van der Waals surface area contributed by atoms with E-state index in [4.69, 9.17) is 14.2 Å². The predicted molar refractivity (Wildman–Crippen MR) is 233 cm³/mol. The fraction of sp³-hybridized carbons (Fsp3) is 0.653. The number of carbonyl (C=O) groups is 3. The lowest BCUT2D eigenvalue weighted by Crippen LogP contribution is -2.30. The Morgan fingerprint density at radius 1 is 0.400 bits per heavy atom. The van der Waals surface area contributed by atoms with Crippen LogP contribution in [0.25, 0.3) is 0 Å².